The summed E-state index contributed by atoms with van der Waals surface area (Å²) in [5, 5.41) is 15.0. The van der Waals surface area contributed by atoms with Crippen molar-refractivity contribution < 1.29 is 4.42 Å². The Labute approximate surface area is 354 Å². The lowest BCUT2D eigenvalue weighted by Crippen LogP contribution is -2.01. The van der Waals surface area contributed by atoms with Crippen molar-refractivity contribution in [1.82, 2.24) is 23.9 Å². The number of benzene rings is 9. The van der Waals surface area contributed by atoms with E-state index in [1.807, 2.05) is 59.9 Å². The Hall–Kier alpha value is -8.13. The Bertz CT molecular complexity index is 4510. The van der Waals surface area contributed by atoms with Crippen molar-refractivity contribution in [2.24, 2.45) is 0 Å². The minimum atomic E-state index is 0.612. The van der Waals surface area contributed by atoms with E-state index in [2.05, 4.69) is 124 Å². The Kier molecular flexibility index (Phi) is 5.62. The van der Waals surface area contributed by atoms with E-state index in [4.69, 9.17) is 19.4 Å². The molecule has 0 saturated heterocycles. The Balaban J connectivity index is 0.977. The molecule has 62 heavy (non-hydrogen) atoms. The fourth-order valence-corrected chi connectivity index (χ4v) is 12.2. The van der Waals surface area contributed by atoms with E-state index in [9.17, 15) is 0 Å². The van der Waals surface area contributed by atoms with Crippen molar-refractivity contribution in [2.75, 3.05) is 0 Å². The molecule has 9 aromatic carbocycles. The van der Waals surface area contributed by atoms with Gasteiger partial charge in [-0.3, -0.25) is 0 Å². The van der Waals surface area contributed by atoms with E-state index in [1.165, 1.54) is 80.1 Å². The zero-order chi connectivity index (χ0) is 39.9. The second-order valence-electron chi connectivity index (χ2n) is 16.7. The second-order valence-corrected chi connectivity index (χ2v) is 17.7. The molecule has 7 heterocycles. The summed E-state index contributed by atoms with van der Waals surface area (Å²) in [6.07, 6.45) is 0. The molecule has 0 aliphatic rings. The molecule has 0 amide bonds. The van der Waals surface area contributed by atoms with Crippen LogP contribution in [-0.4, -0.2) is 23.9 Å². The van der Waals surface area contributed by atoms with Crippen LogP contribution in [-0.2, 0) is 0 Å². The zero-order valence-corrected chi connectivity index (χ0v) is 33.5. The van der Waals surface area contributed by atoms with Gasteiger partial charge in [0, 0.05) is 85.3 Å². The summed E-state index contributed by atoms with van der Waals surface area (Å²) in [6, 6.07) is 58.7. The zero-order valence-electron chi connectivity index (χ0n) is 32.6. The number of hydrogen-bond acceptors (Lipinski definition) is 5. The lowest BCUT2D eigenvalue weighted by Gasteiger charge is -2.15. The van der Waals surface area contributed by atoms with Crippen LogP contribution in [0, 0.1) is 0 Å². The maximum atomic E-state index is 6.19. The molecule has 16 aromatic rings. The minimum Gasteiger partial charge on any atom is -0.456 e. The molecular formula is C55H27N5OS. The van der Waals surface area contributed by atoms with Crippen molar-refractivity contribution in [3.8, 4) is 39.9 Å². The number of nitrogens with zero attached hydrogens (tertiary/aromatic N) is 5. The fourth-order valence-electron chi connectivity index (χ4n) is 11.1. The number of furan rings is 1. The van der Waals surface area contributed by atoms with Crippen molar-refractivity contribution >= 4 is 124 Å². The maximum absolute atomic E-state index is 6.19. The second kappa shape index (κ2) is 11.0. The van der Waals surface area contributed by atoms with Gasteiger partial charge in [0.1, 0.15) is 11.2 Å². The van der Waals surface area contributed by atoms with Gasteiger partial charge in [-0.2, -0.15) is 0 Å². The van der Waals surface area contributed by atoms with Gasteiger partial charge in [-0.15, -0.1) is 11.3 Å². The van der Waals surface area contributed by atoms with Crippen LogP contribution in [0.5, 0.6) is 0 Å². The number of hydrogen-bond donors (Lipinski definition) is 0. The summed E-state index contributed by atoms with van der Waals surface area (Å²) in [5.41, 5.74) is 12.0. The summed E-state index contributed by atoms with van der Waals surface area (Å²) in [5.74, 6) is 1.86. The van der Waals surface area contributed by atoms with E-state index in [1.54, 1.807) is 0 Å². The van der Waals surface area contributed by atoms with E-state index in [0.29, 0.717) is 17.5 Å². The van der Waals surface area contributed by atoms with Crippen molar-refractivity contribution in [3.05, 3.63) is 164 Å². The van der Waals surface area contributed by atoms with E-state index in [-0.39, 0.29) is 0 Å². The minimum absolute atomic E-state index is 0.612. The fraction of sp³-hybridized carbons (Fsp3) is 0. The quantitative estimate of drug-likeness (QED) is 0.178. The van der Waals surface area contributed by atoms with Gasteiger partial charge < -0.3 is 13.4 Å². The van der Waals surface area contributed by atoms with E-state index >= 15 is 0 Å². The molecule has 0 bridgehead atoms. The summed E-state index contributed by atoms with van der Waals surface area (Å²) < 4.78 is 14.0. The highest BCUT2D eigenvalue weighted by molar-refractivity contribution is 7.26. The Morgan fingerprint density at radius 3 is 1.89 bits per heavy atom. The van der Waals surface area contributed by atoms with Crippen LogP contribution in [0.2, 0.25) is 0 Å². The molecule has 0 atom stereocenters. The van der Waals surface area contributed by atoms with Crippen LogP contribution >= 0.6 is 11.3 Å². The van der Waals surface area contributed by atoms with Crippen molar-refractivity contribution in [3.63, 3.8) is 0 Å². The third-order valence-corrected chi connectivity index (χ3v) is 14.7. The van der Waals surface area contributed by atoms with Crippen LogP contribution in [0.25, 0.3) is 153 Å². The van der Waals surface area contributed by atoms with Gasteiger partial charge in [-0.05, 0) is 66.0 Å². The number of fused-ring (bicyclic) bond motifs is 6. The highest BCUT2D eigenvalue weighted by Gasteiger charge is 2.29. The normalized spacial score (nSPS) is 12.8. The lowest BCUT2D eigenvalue weighted by atomic mass is 10.0. The van der Waals surface area contributed by atoms with Gasteiger partial charge in [0.25, 0.3) is 0 Å². The predicted octanol–water partition coefficient (Wildman–Crippen LogP) is 14.9. The van der Waals surface area contributed by atoms with Gasteiger partial charge in [0.2, 0.25) is 0 Å². The topological polar surface area (TPSA) is 61.2 Å². The first-order valence-electron chi connectivity index (χ1n) is 20.9. The summed E-state index contributed by atoms with van der Waals surface area (Å²) in [6.45, 7) is 0. The Morgan fingerprint density at radius 2 is 1.02 bits per heavy atom. The van der Waals surface area contributed by atoms with Crippen LogP contribution in [0.4, 0.5) is 0 Å². The molecule has 0 unspecified atom stereocenters. The molecule has 7 aromatic heterocycles. The SMILES string of the molecule is c1ccc(-c2nc(-c3ccc4oc5ccccc5c4c3)nc(-c3ccc(-n4c5ccc6sc7ccc8c9cccc%10c%11ccc4c4c5c6c7c8n(c9%10)c%114)c4ccccc34)n2)cc1. The van der Waals surface area contributed by atoms with Crippen molar-refractivity contribution in [2.45, 2.75) is 0 Å². The molecule has 0 N–H and O–H groups in total. The molecule has 0 radical (unpaired) electrons. The smallest absolute Gasteiger partial charge is 0.164 e. The summed E-state index contributed by atoms with van der Waals surface area (Å²) in [4.78, 5) is 15.6. The molecule has 0 saturated carbocycles. The van der Waals surface area contributed by atoms with Crippen LogP contribution in [0.3, 0.4) is 0 Å². The molecule has 6 nitrogen and oxygen atoms in total. The highest BCUT2D eigenvalue weighted by atomic mass is 32.1. The van der Waals surface area contributed by atoms with Gasteiger partial charge in [0.05, 0.1) is 33.3 Å². The molecule has 0 aliphatic carbocycles. The molecule has 0 fully saturated rings. The number of aromatic nitrogens is 5. The van der Waals surface area contributed by atoms with E-state index in [0.717, 1.165) is 55.1 Å². The average molecular weight is 806 g/mol. The van der Waals surface area contributed by atoms with Gasteiger partial charge in [-0.1, -0.05) is 103 Å². The largest absolute Gasteiger partial charge is 0.456 e. The molecule has 7 heteroatoms. The molecule has 284 valence electrons. The van der Waals surface area contributed by atoms with Gasteiger partial charge in [0.15, 0.2) is 17.5 Å². The average Bonchev–Trinajstić information content (AvgIpc) is 4.12. The Morgan fingerprint density at radius 1 is 0.387 bits per heavy atom. The number of thiophene rings is 1. The third-order valence-electron chi connectivity index (χ3n) is 13.6. The predicted molar refractivity (Wildman–Crippen MR) is 256 cm³/mol. The number of para-hydroxylation sites is 2. The standard InChI is InChI=1S/C55H27N5OS/c1-2-9-28(10-3-1)53-56-54(29-17-24-43-38(27-29)32-13-6-7-16-42(32)61-43)58-55(57-53)37-19-21-39(31-12-5-4-11-30(31)37)59-40-23-26-44-48-46(40)47-41(59)22-18-35-33-14-8-15-34-36-20-25-45(62-44)49(48)52(36)60(50(33)34)51(35)47/h1-27H. The molecule has 0 aliphatic heterocycles. The summed E-state index contributed by atoms with van der Waals surface area (Å²) >= 11 is 1.91. The van der Waals surface area contributed by atoms with Gasteiger partial charge in [-0.25, -0.2) is 15.0 Å². The van der Waals surface area contributed by atoms with Crippen molar-refractivity contribution in [1.29, 1.82) is 0 Å². The first-order valence-corrected chi connectivity index (χ1v) is 21.8. The van der Waals surface area contributed by atoms with Crippen LogP contribution in [0.15, 0.2) is 168 Å². The third kappa shape index (κ3) is 3.76. The van der Waals surface area contributed by atoms with Gasteiger partial charge >= 0.3 is 0 Å². The van der Waals surface area contributed by atoms with E-state index < -0.39 is 0 Å². The maximum Gasteiger partial charge on any atom is 0.164 e. The highest BCUT2D eigenvalue weighted by Crippen LogP contribution is 2.53. The molecule has 0 spiro atoms. The molecule has 16 rings (SSSR count). The van der Waals surface area contributed by atoms with Crippen LogP contribution < -0.4 is 0 Å². The first kappa shape index (κ1) is 31.7. The van der Waals surface area contributed by atoms with Crippen LogP contribution in [0.1, 0.15) is 0 Å². The first-order chi connectivity index (χ1) is 30.7. The molecular weight excluding hydrogens is 779 g/mol. The monoisotopic (exact) mass is 805 g/mol. The number of rotatable bonds is 4. The lowest BCUT2D eigenvalue weighted by molar-refractivity contribution is 0.669. The summed E-state index contributed by atoms with van der Waals surface area (Å²) in [7, 11) is 0.